The molecule has 1 aromatic carbocycles. The zero-order valence-electron chi connectivity index (χ0n) is 14.0. The van der Waals surface area contributed by atoms with Crippen LogP contribution in [0, 0.1) is 13.8 Å². The summed E-state index contributed by atoms with van der Waals surface area (Å²) >= 11 is 0. The van der Waals surface area contributed by atoms with Gasteiger partial charge >= 0.3 is 0 Å². The van der Waals surface area contributed by atoms with Gasteiger partial charge in [-0.3, -0.25) is 4.79 Å². The number of imidazole rings is 1. The van der Waals surface area contributed by atoms with E-state index in [0.29, 0.717) is 6.42 Å². The van der Waals surface area contributed by atoms with Crippen LogP contribution in [0.5, 0.6) is 0 Å². The van der Waals surface area contributed by atoms with Crippen LogP contribution < -0.4 is 5.32 Å². The minimum Gasteiger partial charge on any atom is -0.464 e. The Kier molecular flexibility index (Phi) is 3.63. The van der Waals surface area contributed by atoms with Gasteiger partial charge < -0.3 is 14.3 Å². The van der Waals surface area contributed by atoms with Gasteiger partial charge in [0.1, 0.15) is 11.4 Å². The van der Waals surface area contributed by atoms with Crippen molar-refractivity contribution >= 4 is 16.9 Å². The maximum atomic E-state index is 12.4. The van der Waals surface area contributed by atoms with Gasteiger partial charge in [-0.15, -0.1) is 0 Å². The molecule has 0 fully saturated rings. The summed E-state index contributed by atoms with van der Waals surface area (Å²) in [7, 11) is 0. The Morgan fingerprint density at radius 3 is 3.17 bits per heavy atom. The third-order valence-electron chi connectivity index (χ3n) is 4.99. The summed E-state index contributed by atoms with van der Waals surface area (Å²) in [5.41, 5.74) is 4.17. The van der Waals surface area contributed by atoms with Crippen molar-refractivity contribution < 1.29 is 9.21 Å². The zero-order valence-corrected chi connectivity index (χ0v) is 14.0. The minimum absolute atomic E-state index is 0.0458. The Morgan fingerprint density at radius 2 is 2.29 bits per heavy atom. The van der Waals surface area contributed by atoms with Crippen molar-refractivity contribution in [1.82, 2.24) is 14.9 Å². The molecule has 124 valence electrons. The van der Waals surface area contributed by atoms with E-state index < -0.39 is 0 Å². The van der Waals surface area contributed by atoms with E-state index in [2.05, 4.69) is 34.8 Å². The van der Waals surface area contributed by atoms with Crippen molar-refractivity contribution in [3.63, 3.8) is 0 Å². The van der Waals surface area contributed by atoms with Crippen LogP contribution in [0.2, 0.25) is 0 Å². The van der Waals surface area contributed by atoms with Crippen molar-refractivity contribution in [1.29, 1.82) is 0 Å². The summed E-state index contributed by atoms with van der Waals surface area (Å²) in [6.07, 6.45) is 7.70. The molecule has 2 aromatic heterocycles. The standard InChI is InChI=1S/C19H21N3O2/c1-12-3-5-16-14(11-24-19(16)13(12)2)9-18(23)21-15-4-6-17-20-7-8-22(17)10-15/h3,5,7-8,11,15H,4,6,9-10H2,1-2H3,(H,21,23)/t15-/m0/s1. The molecule has 1 aliphatic heterocycles. The molecule has 0 saturated carbocycles. The number of carbonyl (C=O) groups is 1. The van der Waals surface area contributed by atoms with E-state index >= 15 is 0 Å². The molecule has 1 aliphatic rings. The summed E-state index contributed by atoms with van der Waals surface area (Å²) in [6.45, 7) is 4.92. The molecule has 0 unspecified atom stereocenters. The molecule has 5 nitrogen and oxygen atoms in total. The molecule has 5 heteroatoms. The van der Waals surface area contributed by atoms with Crippen LogP contribution in [0.15, 0.2) is 35.2 Å². The molecule has 24 heavy (non-hydrogen) atoms. The summed E-state index contributed by atoms with van der Waals surface area (Å²) in [5, 5.41) is 4.19. The highest BCUT2D eigenvalue weighted by Gasteiger charge is 2.21. The second kappa shape index (κ2) is 5.82. The number of hydrogen-bond donors (Lipinski definition) is 1. The lowest BCUT2D eigenvalue weighted by Gasteiger charge is -2.24. The highest BCUT2D eigenvalue weighted by molar-refractivity contribution is 5.89. The lowest BCUT2D eigenvalue weighted by molar-refractivity contribution is -0.121. The maximum absolute atomic E-state index is 12.4. The molecule has 0 spiro atoms. The summed E-state index contributed by atoms with van der Waals surface area (Å²) in [6, 6.07) is 4.29. The first-order chi connectivity index (χ1) is 11.6. The number of rotatable bonds is 3. The van der Waals surface area contributed by atoms with Crippen LogP contribution in [0.1, 0.15) is 28.9 Å². The first-order valence-corrected chi connectivity index (χ1v) is 8.37. The Morgan fingerprint density at radius 1 is 1.42 bits per heavy atom. The fraction of sp³-hybridized carbons (Fsp3) is 0.368. The SMILES string of the molecule is Cc1ccc2c(CC(=O)N[C@H]3CCc4nccn4C3)coc2c1C. The Labute approximate surface area is 140 Å². The highest BCUT2D eigenvalue weighted by Crippen LogP contribution is 2.26. The Hall–Kier alpha value is -2.56. The fourth-order valence-electron chi connectivity index (χ4n) is 3.46. The van der Waals surface area contributed by atoms with E-state index in [0.717, 1.165) is 47.3 Å². The molecule has 0 bridgehead atoms. The van der Waals surface area contributed by atoms with Crippen LogP contribution in [-0.2, 0) is 24.2 Å². The number of furan rings is 1. The summed E-state index contributed by atoms with van der Waals surface area (Å²) in [4.78, 5) is 16.8. The monoisotopic (exact) mass is 323 g/mol. The number of benzene rings is 1. The highest BCUT2D eigenvalue weighted by atomic mass is 16.3. The van der Waals surface area contributed by atoms with Gasteiger partial charge in [-0.2, -0.15) is 0 Å². The van der Waals surface area contributed by atoms with Gasteiger partial charge in [-0.05, 0) is 31.4 Å². The van der Waals surface area contributed by atoms with Crippen molar-refractivity contribution in [2.75, 3.05) is 0 Å². The minimum atomic E-state index is 0.0458. The molecule has 3 aromatic rings. The molecule has 4 rings (SSSR count). The second-order valence-electron chi connectivity index (χ2n) is 6.62. The van der Waals surface area contributed by atoms with E-state index in [9.17, 15) is 4.79 Å². The number of aromatic nitrogens is 2. The van der Waals surface area contributed by atoms with E-state index in [1.807, 2.05) is 18.5 Å². The molecule has 1 atom stereocenters. The van der Waals surface area contributed by atoms with Crippen molar-refractivity contribution in [3.05, 3.63) is 53.3 Å². The molecule has 0 saturated heterocycles. The zero-order chi connectivity index (χ0) is 16.7. The van der Waals surface area contributed by atoms with Gasteiger partial charge in [0, 0.05) is 42.4 Å². The summed E-state index contributed by atoms with van der Waals surface area (Å²) in [5.74, 6) is 1.15. The number of carbonyl (C=O) groups excluding carboxylic acids is 1. The van der Waals surface area contributed by atoms with Gasteiger partial charge in [0.2, 0.25) is 5.91 Å². The topological polar surface area (TPSA) is 60.1 Å². The number of hydrogen-bond acceptors (Lipinski definition) is 3. The van der Waals surface area contributed by atoms with Crippen LogP contribution in [-0.4, -0.2) is 21.5 Å². The molecule has 0 aliphatic carbocycles. The first kappa shape index (κ1) is 15.0. The van der Waals surface area contributed by atoms with Crippen molar-refractivity contribution in [3.8, 4) is 0 Å². The van der Waals surface area contributed by atoms with Crippen molar-refractivity contribution in [2.45, 2.75) is 45.7 Å². The average Bonchev–Trinajstić information content (AvgIpc) is 3.18. The molecular formula is C19H21N3O2. The number of nitrogens with zero attached hydrogens (tertiary/aromatic N) is 2. The number of nitrogens with one attached hydrogen (secondary N) is 1. The second-order valence-corrected chi connectivity index (χ2v) is 6.62. The Bertz CT molecular complexity index is 907. The van der Waals surface area contributed by atoms with Crippen LogP contribution >= 0.6 is 0 Å². The predicted molar refractivity (Wildman–Crippen MR) is 91.9 cm³/mol. The van der Waals surface area contributed by atoms with E-state index in [1.165, 1.54) is 5.56 Å². The fourth-order valence-corrected chi connectivity index (χ4v) is 3.46. The number of aryl methyl sites for hydroxylation is 3. The van der Waals surface area contributed by atoms with Crippen LogP contribution in [0.25, 0.3) is 11.0 Å². The lowest BCUT2D eigenvalue weighted by atomic mass is 10.0. The predicted octanol–water partition coefficient (Wildman–Crippen LogP) is 2.92. The number of amides is 1. The van der Waals surface area contributed by atoms with Gasteiger partial charge in [-0.1, -0.05) is 12.1 Å². The van der Waals surface area contributed by atoms with Gasteiger partial charge in [-0.25, -0.2) is 4.98 Å². The van der Waals surface area contributed by atoms with Crippen LogP contribution in [0.4, 0.5) is 0 Å². The quantitative estimate of drug-likeness (QED) is 0.806. The molecule has 1 N–H and O–H groups in total. The first-order valence-electron chi connectivity index (χ1n) is 8.37. The van der Waals surface area contributed by atoms with Gasteiger partial charge in [0.15, 0.2) is 0 Å². The van der Waals surface area contributed by atoms with Gasteiger partial charge in [0.05, 0.1) is 12.7 Å². The number of fused-ring (bicyclic) bond motifs is 2. The largest absolute Gasteiger partial charge is 0.464 e. The molecular weight excluding hydrogens is 302 g/mol. The van der Waals surface area contributed by atoms with Crippen molar-refractivity contribution in [2.24, 2.45) is 0 Å². The van der Waals surface area contributed by atoms with E-state index in [-0.39, 0.29) is 11.9 Å². The lowest BCUT2D eigenvalue weighted by Crippen LogP contribution is -2.41. The average molecular weight is 323 g/mol. The molecule has 3 heterocycles. The Balaban J connectivity index is 1.46. The molecule has 1 amide bonds. The normalized spacial score (nSPS) is 17.0. The molecule has 0 radical (unpaired) electrons. The maximum Gasteiger partial charge on any atom is 0.224 e. The van der Waals surface area contributed by atoms with E-state index in [1.54, 1.807) is 6.26 Å². The third kappa shape index (κ3) is 2.60. The van der Waals surface area contributed by atoms with Crippen LogP contribution in [0.3, 0.4) is 0 Å². The third-order valence-corrected chi connectivity index (χ3v) is 4.99. The smallest absolute Gasteiger partial charge is 0.224 e. The van der Waals surface area contributed by atoms with E-state index in [4.69, 9.17) is 4.42 Å². The van der Waals surface area contributed by atoms with Gasteiger partial charge in [0.25, 0.3) is 0 Å². The summed E-state index contributed by atoms with van der Waals surface area (Å²) < 4.78 is 7.81.